The highest BCUT2D eigenvalue weighted by Crippen LogP contribution is 2.62. The summed E-state index contributed by atoms with van der Waals surface area (Å²) < 4.78 is 10.0. The predicted octanol–water partition coefficient (Wildman–Crippen LogP) is 2.94. The molecule has 4 aliphatic rings. The molecule has 3 aliphatic heterocycles. The van der Waals surface area contributed by atoms with Crippen molar-refractivity contribution in [3.63, 3.8) is 0 Å². The largest absolute Gasteiger partial charge is 0.374 e. The fraction of sp³-hybridized carbons (Fsp3) is 0.565. The molecule has 6 heterocycles. The van der Waals surface area contributed by atoms with Crippen molar-refractivity contribution in [1.82, 2.24) is 29.5 Å². The predicted molar refractivity (Wildman–Crippen MR) is 115 cm³/mol. The summed E-state index contributed by atoms with van der Waals surface area (Å²) in [7, 11) is 1.93. The van der Waals surface area contributed by atoms with E-state index in [2.05, 4.69) is 21.0 Å². The molecule has 1 aliphatic carbocycles. The minimum atomic E-state index is 0.288. The van der Waals surface area contributed by atoms with E-state index in [4.69, 9.17) is 14.8 Å². The fourth-order valence-electron chi connectivity index (χ4n) is 5.93. The van der Waals surface area contributed by atoms with Crippen LogP contribution in [0.1, 0.15) is 43.8 Å². The lowest BCUT2D eigenvalue weighted by Gasteiger charge is -2.27. The van der Waals surface area contributed by atoms with Gasteiger partial charge < -0.3 is 9.64 Å². The van der Waals surface area contributed by atoms with Crippen LogP contribution >= 0.6 is 0 Å². The monoisotopic (exact) mass is 417 g/mol. The summed E-state index contributed by atoms with van der Waals surface area (Å²) in [6.07, 6.45) is 10.7. The van der Waals surface area contributed by atoms with Crippen LogP contribution in [0.2, 0.25) is 0 Å². The van der Waals surface area contributed by atoms with Crippen LogP contribution in [0.25, 0.3) is 17.2 Å². The smallest absolute Gasteiger partial charge is 0.182 e. The standard InChI is InChI=1S/C23H27N7O/c1-28-10-6-19(26-28)30-23(17-13-18-15-12-16(15)21(17)31-18)25-22(27-30)14-5-7-24-20(11-14)29-8-3-2-4-9-29/h5-7,10-11,15-18,21H,2-4,8-9,12-13H2,1H3/t15-,16+,17-,18+,21+/m1/s1. The summed E-state index contributed by atoms with van der Waals surface area (Å²) in [5.41, 5.74) is 1.01. The Bertz CT molecular complexity index is 1130. The van der Waals surface area contributed by atoms with Crippen LogP contribution in [-0.4, -0.2) is 54.8 Å². The van der Waals surface area contributed by atoms with Crippen molar-refractivity contribution in [2.24, 2.45) is 18.9 Å². The van der Waals surface area contributed by atoms with E-state index < -0.39 is 0 Å². The molecule has 0 N–H and O–H groups in total. The highest BCUT2D eigenvalue weighted by molar-refractivity contribution is 5.60. The molecule has 31 heavy (non-hydrogen) atoms. The first-order valence-electron chi connectivity index (χ1n) is 11.6. The number of pyridine rings is 1. The molecule has 3 aromatic heterocycles. The molecule has 5 atom stereocenters. The molecule has 2 bridgehead atoms. The van der Waals surface area contributed by atoms with Gasteiger partial charge in [-0.05, 0) is 56.1 Å². The van der Waals surface area contributed by atoms with Crippen LogP contribution < -0.4 is 4.90 Å². The Labute approximate surface area is 181 Å². The first kappa shape index (κ1) is 17.9. The molecule has 7 rings (SSSR count). The maximum absolute atomic E-state index is 6.29. The number of fused-ring (bicyclic) bond motifs is 5. The van der Waals surface area contributed by atoms with Crippen molar-refractivity contribution < 1.29 is 4.74 Å². The molecule has 0 unspecified atom stereocenters. The fourth-order valence-corrected chi connectivity index (χ4v) is 5.93. The van der Waals surface area contributed by atoms with Crippen molar-refractivity contribution >= 4 is 5.82 Å². The van der Waals surface area contributed by atoms with E-state index in [0.717, 1.165) is 54.3 Å². The first-order chi connectivity index (χ1) is 15.2. The molecule has 0 spiro atoms. The van der Waals surface area contributed by atoms with Gasteiger partial charge in [-0.25, -0.2) is 9.97 Å². The van der Waals surface area contributed by atoms with Gasteiger partial charge in [-0.3, -0.25) is 4.68 Å². The second-order valence-corrected chi connectivity index (χ2v) is 9.55. The lowest BCUT2D eigenvalue weighted by atomic mass is 9.88. The van der Waals surface area contributed by atoms with Crippen LogP contribution in [0.15, 0.2) is 30.6 Å². The topological polar surface area (TPSA) is 73.9 Å². The van der Waals surface area contributed by atoms with Gasteiger partial charge >= 0.3 is 0 Å². The number of nitrogens with zero attached hydrogens (tertiary/aromatic N) is 7. The SMILES string of the molecule is Cn1ccc(-n2nc(-c3ccnc(N4CCCCC4)c3)nc2[C@@H]2C[C@@H]3O[C@H]2[C@H]2C[C@H]23)n1. The van der Waals surface area contributed by atoms with Gasteiger partial charge in [0.15, 0.2) is 11.6 Å². The van der Waals surface area contributed by atoms with Crippen molar-refractivity contribution in [3.8, 4) is 17.2 Å². The van der Waals surface area contributed by atoms with Crippen LogP contribution in [0.5, 0.6) is 0 Å². The van der Waals surface area contributed by atoms with Crippen LogP contribution in [-0.2, 0) is 11.8 Å². The number of ether oxygens (including phenoxy) is 1. The molecule has 8 heteroatoms. The third-order valence-corrected chi connectivity index (χ3v) is 7.57. The maximum atomic E-state index is 6.29. The Morgan fingerprint density at radius 1 is 1.00 bits per heavy atom. The number of rotatable bonds is 4. The minimum Gasteiger partial charge on any atom is -0.374 e. The van der Waals surface area contributed by atoms with Crippen LogP contribution in [0, 0.1) is 11.8 Å². The number of aryl methyl sites for hydroxylation is 1. The second-order valence-electron chi connectivity index (χ2n) is 9.55. The summed E-state index contributed by atoms with van der Waals surface area (Å²) in [6, 6.07) is 6.16. The van der Waals surface area contributed by atoms with Gasteiger partial charge in [-0.15, -0.1) is 5.10 Å². The number of aromatic nitrogens is 6. The van der Waals surface area contributed by atoms with E-state index in [1.165, 1.54) is 25.7 Å². The summed E-state index contributed by atoms with van der Waals surface area (Å²) in [6.45, 7) is 2.14. The molecule has 1 saturated carbocycles. The molecular weight excluding hydrogens is 390 g/mol. The minimum absolute atomic E-state index is 0.288. The van der Waals surface area contributed by atoms with E-state index in [9.17, 15) is 0 Å². The number of piperidine rings is 1. The van der Waals surface area contributed by atoms with Gasteiger partial charge in [0.2, 0.25) is 0 Å². The van der Waals surface area contributed by atoms with Gasteiger partial charge in [0.25, 0.3) is 0 Å². The number of hydrogen-bond acceptors (Lipinski definition) is 6. The van der Waals surface area contributed by atoms with Crippen molar-refractivity contribution in [1.29, 1.82) is 0 Å². The van der Waals surface area contributed by atoms with Crippen LogP contribution in [0.3, 0.4) is 0 Å². The van der Waals surface area contributed by atoms with E-state index in [1.807, 2.05) is 40.9 Å². The summed E-state index contributed by atoms with van der Waals surface area (Å²) >= 11 is 0. The molecule has 0 amide bonds. The highest BCUT2D eigenvalue weighted by atomic mass is 16.5. The van der Waals surface area contributed by atoms with Gasteiger partial charge in [0, 0.05) is 50.1 Å². The molecule has 0 aromatic carbocycles. The molecule has 3 saturated heterocycles. The number of hydrogen-bond donors (Lipinski definition) is 0. The van der Waals surface area contributed by atoms with E-state index in [1.54, 1.807) is 0 Å². The quantitative estimate of drug-likeness (QED) is 0.650. The molecule has 8 nitrogen and oxygen atoms in total. The van der Waals surface area contributed by atoms with Crippen molar-refractivity contribution in [3.05, 3.63) is 36.4 Å². The molecule has 160 valence electrons. The van der Waals surface area contributed by atoms with E-state index >= 15 is 0 Å². The molecular formula is C23H27N7O. The normalized spacial score (nSPS) is 31.3. The third-order valence-electron chi connectivity index (χ3n) is 7.57. The van der Waals surface area contributed by atoms with E-state index in [-0.39, 0.29) is 6.10 Å². The zero-order valence-corrected chi connectivity index (χ0v) is 17.8. The molecule has 3 aromatic rings. The zero-order chi connectivity index (χ0) is 20.5. The van der Waals surface area contributed by atoms with Gasteiger partial charge in [0.05, 0.1) is 12.2 Å². The highest BCUT2D eigenvalue weighted by Gasteiger charge is 2.63. The lowest BCUT2D eigenvalue weighted by Crippen LogP contribution is -2.30. The average Bonchev–Trinajstić information content (AvgIpc) is 3.16. The lowest BCUT2D eigenvalue weighted by molar-refractivity contribution is 0.0678. The second kappa shape index (κ2) is 6.63. The Hall–Kier alpha value is -2.74. The maximum Gasteiger partial charge on any atom is 0.182 e. The molecule has 4 fully saturated rings. The average molecular weight is 418 g/mol. The van der Waals surface area contributed by atoms with Crippen LogP contribution in [0.4, 0.5) is 5.82 Å². The molecule has 0 radical (unpaired) electrons. The summed E-state index contributed by atoms with van der Waals surface area (Å²) in [5.74, 6) is 5.38. The van der Waals surface area contributed by atoms with E-state index in [0.29, 0.717) is 17.9 Å². The Morgan fingerprint density at radius 2 is 1.90 bits per heavy atom. The Balaban J connectivity index is 1.28. The first-order valence-corrected chi connectivity index (χ1v) is 11.6. The Kier molecular flexibility index (Phi) is 3.82. The third kappa shape index (κ3) is 2.84. The zero-order valence-electron chi connectivity index (χ0n) is 17.8. The summed E-state index contributed by atoms with van der Waals surface area (Å²) in [5, 5.41) is 9.56. The van der Waals surface area contributed by atoms with Crippen molar-refractivity contribution in [2.45, 2.75) is 50.2 Å². The summed E-state index contributed by atoms with van der Waals surface area (Å²) in [4.78, 5) is 12.1. The van der Waals surface area contributed by atoms with Crippen molar-refractivity contribution in [2.75, 3.05) is 18.0 Å². The van der Waals surface area contributed by atoms with Gasteiger partial charge in [0.1, 0.15) is 11.6 Å². The number of anilines is 1. The van der Waals surface area contributed by atoms with Gasteiger partial charge in [-0.2, -0.15) is 9.78 Å². The Morgan fingerprint density at radius 3 is 2.68 bits per heavy atom. The van der Waals surface area contributed by atoms with Gasteiger partial charge in [-0.1, -0.05) is 0 Å².